The number of amides is 1. The lowest BCUT2D eigenvalue weighted by Crippen LogP contribution is -2.33. The van der Waals surface area contributed by atoms with Crippen molar-refractivity contribution in [2.24, 2.45) is 16.5 Å². The van der Waals surface area contributed by atoms with Gasteiger partial charge < -0.3 is 26.8 Å². The normalized spacial score (nSPS) is 11.4. The minimum Gasteiger partial charge on any atom is -0.383 e. The van der Waals surface area contributed by atoms with Gasteiger partial charge in [-0.3, -0.25) is 4.79 Å². The van der Waals surface area contributed by atoms with E-state index < -0.39 is 0 Å². The molecule has 0 saturated carbocycles. The number of aliphatic imine (C=N–C) groups is 1. The van der Waals surface area contributed by atoms with Gasteiger partial charge in [-0.15, -0.1) is 11.3 Å². The highest BCUT2D eigenvalue weighted by Gasteiger charge is 2.06. The van der Waals surface area contributed by atoms with Crippen molar-refractivity contribution in [2.75, 3.05) is 26.8 Å². The molecule has 1 heterocycles. The van der Waals surface area contributed by atoms with E-state index in [1.54, 1.807) is 7.11 Å². The Morgan fingerprint density at radius 2 is 2.24 bits per heavy atom. The lowest BCUT2D eigenvalue weighted by atomic mass is 10.1. The molecule has 0 saturated heterocycles. The number of carbonyl (C=O) groups is 1. The molecule has 0 aliphatic carbocycles. The molecule has 134 valence electrons. The number of carbonyl (C=O) groups excluding carboxylic acids is 1. The van der Waals surface area contributed by atoms with Crippen LogP contribution >= 0.6 is 11.3 Å². The van der Waals surface area contributed by atoms with E-state index in [0.29, 0.717) is 30.8 Å². The van der Waals surface area contributed by atoms with Crippen molar-refractivity contribution in [1.82, 2.24) is 15.6 Å². The van der Waals surface area contributed by atoms with E-state index in [1.807, 2.05) is 29.6 Å². The molecule has 1 aromatic carbocycles. The van der Waals surface area contributed by atoms with Gasteiger partial charge in [0, 0.05) is 31.1 Å². The van der Waals surface area contributed by atoms with Crippen LogP contribution in [0.4, 0.5) is 5.13 Å². The minimum atomic E-state index is -0.188. The zero-order valence-electron chi connectivity index (χ0n) is 14.0. The topological polar surface area (TPSA) is 128 Å². The van der Waals surface area contributed by atoms with Crippen LogP contribution in [0.2, 0.25) is 0 Å². The minimum absolute atomic E-state index is 0.0209. The predicted octanol–water partition coefficient (Wildman–Crippen LogP) is 0.567. The van der Waals surface area contributed by atoms with Crippen molar-refractivity contribution in [3.05, 3.63) is 35.2 Å². The molecular formula is C16H22N6O2S. The number of guanidine groups is 1. The van der Waals surface area contributed by atoms with E-state index in [2.05, 4.69) is 20.6 Å². The number of hydrogen-bond donors (Lipinski definition) is 4. The van der Waals surface area contributed by atoms with Gasteiger partial charge >= 0.3 is 0 Å². The molecule has 0 aliphatic heterocycles. The fraction of sp³-hybridized carbons (Fsp3) is 0.312. The average Bonchev–Trinajstić information content (AvgIpc) is 3.08. The smallest absolute Gasteiger partial charge is 0.234 e. The van der Waals surface area contributed by atoms with E-state index in [9.17, 15) is 4.79 Å². The molecule has 25 heavy (non-hydrogen) atoms. The van der Waals surface area contributed by atoms with E-state index in [1.165, 1.54) is 11.3 Å². The van der Waals surface area contributed by atoms with Gasteiger partial charge in [0.25, 0.3) is 0 Å². The Bertz CT molecular complexity index is 731. The zero-order valence-corrected chi connectivity index (χ0v) is 14.8. The summed E-state index contributed by atoms with van der Waals surface area (Å²) >= 11 is 1.40. The predicted molar refractivity (Wildman–Crippen MR) is 99.6 cm³/mol. The van der Waals surface area contributed by atoms with Gasteiger partial charge in [0.05, 0.1) is 18.8 Å². The standard InChI is InChI=1S/C16H22N6O2S/c1-24-6-5-19-15(18)22-16-21-13(10-25-16)12-4-2-3-11(7-12)9-20-14(23)8-17/h2-4,7,10H,5-6,8-9,17H2,1H3,(H,20,23)(H3,18,19,21,22). The number of nitrogens with two attached hydrogens (primary N) is 2. The van der Waals surface area contributed by atoms with Crippen LogP contribution in [0.3, 0.4) is 0 Å². The maximum atomic E-state index is 11.3. The summed E-state index contributed by atoms with van der Waals surface area (Å²) < 4.78 is 4.94. The lowest BCUT2D eigenvalue weighted by Gasteiger charge is -2.05. The van der Waals surface area contributed by atoms with Crippen LogP contribution in [0.5, 0.6) is 0 Å². The van der Waals surface area contributed by atoms with Crippen LogP contribution in [0.1, 0.15) is 5.56 Å². The van der Waals surface area contributed by atoms with Gasteiger partial charge in [-0.05, 0) is 11.6 Å². The maximum Gasteiger partial charge on any atom is 0.234 e. The van der Waals surface area contributed by atoms with Crippen LogP contribution < -0.4 is 22.1 Å². The molecule has 8 nitrogen and oxygen atoms in total. The third-order valence-electron chi connectivity index (χ3n) is 3.22. The Labute approximate surface area is 150 Å². The highest BCUT2D eigenvalue weighted by Crippen LogP contribution is 2.27. The monoisotopic (exact) mass is 362 g/mol. The summed E-state index contributed by atoms with van der Waals surface area (Å²) in [5.41, 5.74) is 13.8. The molecule has 6 N–H and O–H groups in total. The fourth-order valence-corrected chi connectivity index (χ4v) is 2.69. The van der Waals surface area contributed by atoms with Gasteiger partial charge in [0.2, 0.25) is 11.0 Å². The van der Waals surface area contributed by atoms with Gasteiger partial charge in [0.15, 0.2) is 5.96 Å². The molecular weight excluding hydrogens is 340 g/mol. The Kier molecular flexibility index (Phi) is 7.33. The Morgan fingerprint density at radius 1 is 1.40 bits per heavy atom. The van der Waals surface area contributed by atoms with Crippen LogP contribution in [0, 0.1) is 0 Å². The second-order valence-electron chi connectivity index (χ2n) is 5.11. The maximum absolute atomic E-state index is 11.3. The van der Waals surface area contributed by atoms with Crippen molar-refractivity contribution in [3.8, 4) is 11.3 Å². The van der Waals surface area contributed by atoms with Gasteiger partial charge in [-0.25, -0.2) is 4.98 Å². The van der Waals surface area contributed by atoms with E-state index in [0.717, 1.165) is 16.8 Å². The largest absolute Gasteiger partial charge is 0.383 e. The summed E-state index contributed by atoms with van der Waals surface area (Å²) in [5, 5.41) is 8.17. The Hall–Kier alpha value is -2.49. The van der Waals surface area contributed by atoms with Crippen LogP contribution in [0.15, 0.2) is 34.6 Å². The highest BCUT2D eigenvalue weighted by molar-refractivity contribution is 7.13. The number of nitrogens with one attached hydrogen (secondary N) is 2. The second kappa shape index (κ2) is 9.72. The molecule has 0 aliphatic rings. The number of nitrogens with zero attached hydrogens (tertiary/aromatic N) is 2. The number of benzene rings is 1. The molecule has 0 bridgehead atoms. The molecule has 1 aromatic heterocycles. The zero-order chi connectivity index (χ0) is 18.1. The Balaban J connectivity index is 2.04. The number of rotatable bonds is 8. The van der Waals surface area contributed by atoms with Crippen molar-refractivity contribution >= 4 is 28.3 Å². The van der Waals surface area contributed by atoms with Gasteiger partial charge in [0.1, 0.15) is 0 Å². The van der Waals surface area contributed by atoms with Crippen LogP contribution in [-0.2, 0) is 16.1 Å². The summed E-state index contributed by atoms with van der Waals surface area (Å²) in [5.74, 6) is 0.114. The van der Waals surface area contributed by atoms with Crippen molar-refractivity contribution < 1.29 is 9.53 Å². The molecule has 2 rings (SSSR count). The van der Waals surface area contributed by atoms with Gasteiger partial charge in [-0.1, -0.05) is 18.2 Å². The van der Waals surface area contributed by atoms with Crippen LogP contribution in [0.25, 0.3) is 11.3 Å². The molecule has 0 atom stereocenters. The number of methoxy groups -OCH3 is 1. The second-order valence-corrected chi connectivity index (χ2v) is 5.95. The van der Waals surface area contributed by atoms with Gasteiger partial charge in [-0.2, -0.15) is 4.99 Å². The third kappa shape index (κ3) is 6.14. The molecule has 0 unspecified atom stereocenters. The van der Waals surface area contributed by atoms with Crippen molar-refractivity contribution in [1.29, 1.82) is 0 Å². The number of aromatic nitrogens is 1. The molecule has 2 aromatic rings. The summed E-state index contributed by atoms with van der Waals surface area (Å²) in [6.07, 6.45) is 0. The summed E-state index contributed by atoms with van der Waals surface area (Å²) in [7, 11) is 1.62. The molecule has 1 amide bonds. The molecule has 0 fully saturated rings. The van der Waals surface area contributed by atoms with E-state index in [4.69, 9.17) is 16.2 Å². The summed E-state index contributed by atoms with van der Waals surface area (Å²) in [6, 6.07) is 7.78. The van der Waals surface area contributed by atoms with E-state index in [-0.39, 0.29) is 12.5 Å². The first-order valence-corrected chi connectivity index (χ1v) is 8.59. The highest BCUT2D eigenvalue weighted by atomic mass is 32.1. The molecule has 9 heteroatoms. The van der Waals surface area contributed by atoms with Crippen LogP contribution in [-0.4, -0.2) is 43.7 Å². The first kappa shape index (κ1) is 18.8. The average molecular weight is 362 g/mol. The molecule has 0 spiro atoms. The first-order valence-electron chi connectivity index (χ1n) is 7.71. The SMILES string of the molecule is COCCN/C(N)=N/c1nc(-c2cccc(CNC(=O)CN)c2)cs1. The summed E-state index contributed by atoms with van der Waals surface area (Å²) in [4.78, 5) is 20.0. The third-order valence-corrected chi connectivity index (χ3v) is 3.95. The number of hydrogen-bond acceptors (Lipinski definition) is 6. The fourth-order valence-electron chi connectivity index (χ4n) is 1.99. The number of thiazole rings is 1. The quantitative estimate of drug-likeness (QED) is 0.309. The lowest BCUT2D eigenvalue weighted by molar-refractivity contribution is -0.119. The van der Waals surface area contributed by atoms with E-state index >= 15 is 0 Å². The summed E-state index contributed by atoms with van der Waals surface area (Å²) in [6.45, 7) is 1.54. The molecule has 0 radical (unpaired) electrons. The van der Waals surface area contributed by atoms with Crippen molar-refractivity contribution in [2.45, 2.75) is 6.54 Å². The van der Waals surface area contributed by atoms with Crippen molar-refractivity contribution in [3.63, 3.8) is 0 Å². The number of ether oxygens (including phenoxy) is 1. The Morgan fingerprint density at radius 3 is 3.00 bits per heavy atom. The first-order chi connectivity index (χ1) is 12.1.